The lowest BCUT2D eigenvalue weighted by molar-refractivity contribution is -0.632. The van der Waals surface area contributed by atoms with E-state index in [9.17, 15) is 9.59 Å². The van der Waals surface area contributed by atoms with Gasteiger partial charge < -0.3 is 25.0 Å². The second kappa shape index (κ2) is 10.3. The van der Waals surface area contributed by atoms with Gasteiger partial charge in [-0.1, -0.05) is 42.5 Å². The number of hydrogen-bond donors (Lipinski definition) is 2. The maximum absolute atomic E-state index is 12.9. The van der Waals surface area contributed by atoms with Crippen LogP contribution in [0.2, 0.25) is 0 Å². The van der Waals surface area contributed by atoms with Crippen LogP contribution in [0.25, 0.3) is 6.08 Å². The minimum atomic E-state index is -0.118. The van der Waals surface area contributed by atoms with Crippen LogP contribution in [0.4, 0.5) is 5.69 Å². The summed E-state index contributed by atoms with van der Waals surface area (Å²) >= 11 is 0. The Labute approximate surface area is 170 Å². The molecule has 7 heteroatoms. The van der Waals surface area contributed by atoms with Gasteiger partial charge in [0, 0.05) is 25.3 Å². The Morgan fingerprint density at radius 3 is 2.59 bits per heavy atom. The molecule has 1 heterocycles. The average Bonchev–Trinajstić information content (AvgIpc) is 2.77. The van der Waals surface area contributed by atoms with E-state index in [1.165, 1.54) is 0 Å². The maximum Gasteiger partial charge on any atom is 0.282 e. The number of hydrogen-bond acceptors (Lipinski definition) is 4. The van der Waals surface area contributed by atoms with E-state index in [2.05, 4.69) is 5.32 Å². The molecule has 1 aliphatic rings. The highest BCUT2D eigenvalue weighted by atomic mass is 16.6. The van der Waals surface area contributed by atoms with Gasteiger partial charge in [-0.05, 0) is 17.7 Å². The van der Waals surface area contributed by atoms with Crippen molar-refractivity contribution < 1.29 is 24.4 Å². The zero-order valence-corrected chi connectivity index (χ0v) is 16.5. The van der Waals surface area contributed by atoms with Crippen molar-refractivity contribution in [1.29, 1.82) is 0 Å². The molecule has 29 heavy (non-hydrogen) atoms. The van der Waals surface area contributed by atoms with Crippen LogP contribution in [-0.2, 0) is 9.59 Å². The minimum Gasteiger partial charge on any atom is -0.486 e. The van der Waals surface area contributed by atoms with Crippen molar-refractivity contribution in [3.05, 3.63) is 60.2 Å². The zero-order valence-electron chi connectivity index (χ0n) is 16.5. The third-order valence-corrected chi connectivity index (χ3v) is 4.46. The van der Waals surface area contributed by atoms with Crippen molar-refractivity contribution >= 4 is 23.6 Å². The molecule has 3 rings (SSSR count). The first-order chi connectivity index (χ1) is 14.2. The Morgan fingerprint density at radius 1 is 1.07 bits per heavy atom. The van der Waals surface area contributed by atoms with Crippen LogP contribution in [0.3, 0.4) is 0 Å². The molecule has 0 spiro atoms. The highest BCUT2D eigenvalue weighted by Crippen LogP contribution is 2.34. The van der Waals surface area contributed by atoms with Crippen molar-refractivity contribution in [2.45, 2.75) is 0 Å². The topological polar surface area (TPSA) is 84.5 Å². The highest BCUT2D eigenvalue weighted by Gasteiger charge is 2.20. The normalized spacial score (nSPS) is 12.6. The van der Waals surface area contributed by atoms with Gasteiger partial charge in [0.1, 0.15) is 13.2 Å². The summed E-state index contributed by atoms with van der Waals surface area (Å²) in [7, 11) is 1.58. The lowest BCUT2D eigenvalue weighted by Crippen LogP contribution is -2.88. The maximum atomic E-state index is 12.9. The van der Waals surface area contributed by atoms with Crippen LogP contribution in [-0.4, -0.2) is 51.7 Å². The molecule has 1 aliphatic heterocycles. The molecule has 0 aromatic heterocycles. The van der Waals surface area contributed by atoms with Crippen molar-refractivity contribution in [1.82, 2.24) is 5.32 Å². The van der Waals surface area contributed by atoms with E-state index in [1.807, 2.05) is 60.7 Å². The molecule has 2 amide bonds. The van der Waals surface area contributed by atoms with Crippen LogP contribution < -0.4 is 25.0 Å². The molecule has 0 saturated heterocycles. The molecule has 152 valence electrons. The number of carbonyl (C=O) groups is 2. The van der Waals surface area contributed by atoms with Crippen molar-refractivity contribution in [3.8, 4) is 11.5 Å². The molecular weight excluding hydrogens is 370 g/mol. The van der Waals surface area contributed by atoms with Crippen LogP contribution in [0.15, 0.2) is 54.6 Å². The van der Waals surface area contributed by atoms with E-state index >= 15 is 0 Å². The number of nitrogens with two attached hydrogens (primary N) is 1. The standard InChI is InChI=1S/C22H25N3O4/c1-23-21(26)15-24-16-22(27)25(11-5-8-17-6-3-2-4-7-17)18-9-10-19-20(14-18)29-13-12-28-19/h2-10,14,24H,11-13,15-16H2,1H3,(H,23,26)/p+1/b8-5+. The van der Waals surface area contributed by atoms with Gasteiger partial charge in [-0.2, -0.15) is 0 Å². The number of amides is 2. The van der Waals surface area contributed by atoms with E-state index in [-0.39, 0.29) is 24.9 Å². The van der Waals surface area contributed by atoms with Crippen molar-refractivity contribution in [2.75, 3.05) is 44.8 Å². The molecule has 2 aromatic rings. The van der Waals surface area contributed by atoms with E-state index in [1.54, 1.807) is 17.3 Å². The molecule has 3 N–H and O–H groups in total. The number of nitrogens with one attached hydrogen (secondary N) is 1. The van der Waals surface area contributed by atoms with E-state index in [0.717, 1.165) is 11.3 Å². The number of quaternary nitrogens is 1. The van der Waals surface area contributed by atoms with Gasteiger partial charge in [-0.25, -0.2) is 0 Å². The van der Waals surface area contributed by atoms with Gasteiger partial charge in [-0.3, -0.25) is 9.59 Å². The second-order valence-corrected chi connectivity index (χ2v) is 6.52. The van der Waals surface area contributed by atoms with Gasteiger partial charge >= 0.3 is 0 Å². The van der Waals surface area contributed by atoms with E-state index in [4.69, 9.17) is 9.47 Å². The molecule has 7 nitrogen and oxygen atoms in total. The van der Waals surface area contributed by atoms with Crippen LogP contribution in [0.1, 0.15) is 5.56 Å². The lowest BCUT2D eigenvalue weighted by Gasteiger charge is -2.24. The molecule has 0 radical (unpaired) electrons. The summed E-state index contributed by atoms with van der Waals surface area (Å²) in [6, 6.07) is 15.4. The molecule has 0 saturated carbocycles. The van der Waals surface area contributed by atoms with E-state index < -0.39 is 0 Å². The fraction of sp³-hybridized carbons (Fsp3) is 0.273. The van der Waals surface area contributed by atoms with Gasteiger partial charge in [-0.15, -0.1) is 0 Å². The summed E-state index contributed by atoms with van der Waals surface area (Å²) < 4.78 is 11.2. The van der Waals surface area contributed by atoms with Crippen molar-refractivity contribution in [2.24, 2.45) is 0 Å². The van der Waals surface area contributed by atoms with Crippen LogP contribution in [0, 0.1) is 0 Å². The highest BCUT2D eigenvalue weighted by molar-refractivity contribution is 5.94. The Hall–Kier alpha value is -3.32. The molecule has 0 aliphatic carbocycles. The summed E-state index contributed by atoms with van der Waals surface area (Å²) in [6.07, 6.45) is 3.93. The van der Waals surface area contributed by atoms with E-state index in [0.29, 0.717) is 31.3 Å². The number of likely N-dealkylation sites (N-methyl/N-ethyl adjacent to an activating group) is 1. The smallest absolute Gasteiger partial charge is 0.282 e. The van der Waals surface area contributed by atoms with Gasteiger partial charge in [0.15, 0.2) is 24.6 Å². The molecule has 0 atom stereocenters. The zero-order chi connectivity index (χ0) is 20.5. The largest absolute Gasteiger partial charge is 0.486 e. The number of carbonyl (C=O) groups excluding carboxylic acids is 2. The van der Waals surface area contributed by atoms with Crippen LogP contribution >= 0.6 is 0 Å². The summed E-state index contributed by atoms with van der Waals surface area (Å²) in [5.41, 5.74) is 1.79. The second-order valence-electron chi connectivity index (χ2n) is 6.52. The fourth-order valence-corrected chi connectivity index (χ4v) is 2.95. The molecule has 0 fully saturated rings. The summed E-state index contributed by atoms with van der Waals surface area (Å²) in [5, 5.41) is 4.24. The predicted molar refractivity (Wildman–Crippen MR) is 111 cm³/mol. The van der Waals surface area contributed by atoms with Gasteiger partial charge in [0.2, 0.25) is 0 Å². The third kappa shape index (κ3) is 5.83. The summed E-state index contributed by atoms with van der Waals surface area (Å²) in [5.74, 6) is 1.10. The SMILES string of the molecule is CNC(=O)C[NH2+]CC(=O)N(C/C=C/c1ccccc1)c1ccc2c(c1)OCCO2. The lowest BCUT2D eigenvalue weighted by atomic mass is 10.2. The number of benzene rings is 2. The molecule has 2 aromatic carbocycles. The molecule has 0 unspecified atom stereocenters. The quantitative estimate of drug-likeness (QED) is 0.692. The summed E-state index contributed by atoms with van der Waals surface area (Å²) in [6.45, 7) is 1.78. The fourth-order valence-electron chi connectivity index (χ4n) is 2.95. The Balaban J connectivity index is 1.74. The van der Waals surface area contributed by atoms with Crippen LogP contribution in [0.5, 0.6) is 11.5 Å². The Bertz CT molecular complexity index is 868. The number of ether oxygens (including phenoxy) is 2. The van der Waals surface area contributed by atoms with Gasteiger partial charge in [0.25, 0.3) is 11.8 Å². The first-order valence-electron chi connectivity index (χ1n) is 9.61. The Kier molecular flexibility index (Phi) is 7.24. The summed E-state index contributed by atoms with van der Waals surface area (Å²) in [4.78, 5) is 26.0. The predicted octanol–water partition coefficient (Wildman–Crippen LogP) is 0.814. The van der Waals surface area contributed by atoms with Crippen molar-refractivity contribution in [3.63, 3.8) is 0 Å². The number of nitrogens with zero attached hydrogens (tertiary/aromatic N) is 1. The molecular formula is C22H26N3O4+. The first-order valence-corrected chi connectivity index (χ1v) is 9.61. The Morgan fingerprint density at radius 2 is 1.83 bits per heavy atom. The number of rotatable bonds is 8. The monoisotopic (exact) mass is 396 g/mol. The van der Waals surface area contributed by atoms with Gasteiger partial charge in [0.05, 0.1) is 0 Å². The number of fused-ring (bicyclic) bond motifs is 1. The third-order valence-electron chi connectivity index (χ3n) is 4.46. The average molecular weight is 396 g/mol. The molecule has 0 bridgehead atoms. The number of anilines is 1. The minimum absolute atomic E-state index is 0.0942. The first kappa shape index (κ1) is 20.4.